The molecule has 0 aromatic rings. The van der Waals surface area contributed by atoms with E-state index in [4.69, 9.17) is 4.74 Å². The van der Waals surface area contributed by atoms with E-state index in [0.29, 0.717) is 31.8 Å². The van der Waals surface area contributed by atoms with E-state index in [0.717, 1.165) is 26.2 Å². The maximum absolute atomic E-state index is 11.9. The Balaban J connectivity index is 2.14. The largest absolute Gasteiger partial charge is 0.374 e. The molecule has 0 saturated carbocycles. The lowest BCUT2D eigenvalue weighted by Crippen LogP contribution is -2.48. The normalized spacial score (nSPS) is 19.3. The van der Waals surface area contributed by atoms with Gasteiger partial charge < -0.3 is 15.4 Å². The smallest absolute Gasteiger partial charge is 0.225 e. The Morgan fingerprint density at radius 3 is 2.58 bits per heavy atom. The van der Waals surface area contributed by atoms with Crippen LogP contribution in [0.5, 0.6) is 0 Å². The molecule has 24 heavy (non-hydrogen) atoms. The fourth-order valence-electron chi connectivity index (χ4n) is 2.62. The van der Waals surface area contributed by atoms with Crippen molar-refractivity contribution in [2.24, 2.45) is 11.3 Å². The molecule has 0 aromatic heterocycles. The van der Waals surface area contributed by atoms with Gasteiger partial charge in [-0.05, 0) is 12.3 Å². The van der Waals surface area contributed by atoms with Gasteiger partial charge in [-0.1, -0.05) is 34.6 Å². The molecule has 1 aliphatic rings. The summed E-state index contributed by atoms with van der Waals surface area (Å²) in [5, 5.41) is 5.80. The highest BCUT2D eigenvalue weighted by atomic mass is 16.5. The van der Waals surface area contributed by atoms with Crippen molar-refractivity contribution in [3.63, 3.8) is 0 Å². The Bertz CT molecular complexity index is 405. The van der Waals surface area contributed by atoms with Gasteiger partial charge in [0.05, 0.1) is 12.7 Å². The van der Waals surface area contributed by atoms with Gasteiger partial charge >= 0.3 is 0 Å². The summed E-state index contributed by atoms with van der Waals surface area (Å²) in [6.07, 6.45) is 1.15. The molecule has 140 valence electrons. The topological polar surface area (TPSA) is 70.7 Å². The zero-order valence-corrected chi connectivity index (χ0v) is 16.0. The Morgan fingerprint density at radius 1 is 1.25 bits per heavy atom. The number of rotatable bonds is 8. The summed E-state index contributed by atoms with van der Waals surface area (Å²) in [7, 11) is 0. The summed E-state index contributed by atoms with van der Waals surface area (Å²) in [5.41, 5.74) is -0.386. The summed E-state index contributed by atoms with van der Waals surface area (Å²) in [6, 6.07) is 0. The van der Waals surface area contributed by atoms with Gasteiger partial charge in [0, 0.05) is 44.6 Å². The zero-order valence-electron chi connectivity index (χ0n) is 16.0. The van der Waals surface area contributed by atoms with Crippen LogP contribution in [0, 0.1) is 11.3 Å². The van der Waals surface area contributed by atoms with Crippen molar-refractivity contribution in [3.8, 4) is 0 Å². The Labute approximate surface area is 146 Å². The summed E-state index contributed by atoms with van der Waals surface area (Å²) in [4.78, 5) is 26.0. The number of ether oxygens (including phenoxy) is 1. The molecular formula is C18H35N3O3. The van der Waals surface area contributed by atoms with Gasteiger partial charge in [-0.3, -0.25) is 14.5 Å². The van der Waals surface area contributed by atoms with Crippen molar-refractivity contribution in [2.45, 2.75) is 53.6 Å². The van der Waals surface area contributed by atoms with Gasteiger partial charge in [0.15, 0.2) is 0 Å². The van der Waals surface area contributed by atoms with Crippen LogP contribution in [0.4, 0.5) is 0 Å². The van der Waals surface area contributed by atoms with E-state index in [1.54, 1.807) is 0 Å². The lowest BCUT2D eigenvalue weighted by Gasteiger charge is -2.33. The van der Waals surface area contributed by atoms with E-state index >= 15 is 0 Å². The van der Waals surface area contributed by atoms with Crippen molar-refractivity contribution < 1.29 is 14.3 Å². The average molecular weight is 341 g/mol. The fraction of sp³-hybridized carbons (Fsp3) is 0.889. The van der Waals surface area contributed by atoms with Crippen LogP contribution in [0.2, 0.25) is 0 Å². The van der Waals surface area contributed by atoms with Crippen LogP contribution in [0.1, 0.15) is 47.5 Å². The molecule has 0 aromatic carbocycles. The predicted molar refractivity (Wildman–Crippen MR) is 95.7 cm³/mol. The number of morpholine rings is 1. The molecule has 0 spiro atoms. The third kappa shape index (κ3) is 8.64. The quantitative estimate of drug-likeness (QED) is 0.655. The van der Waals surface area contributed by atoms with Gasteiger partial charge in [0.1, 0.15) is 0 Å². The standard InChI is InChI=1S/C18H35N3O3/c1-14(2)12-21-9-10-24-15(13-21)11-20-16(22)7-6-8-19-17(23)18(3,4)5/h14-15H,6-13H2,1-5H3,(H,19,23)(H,20,22). The molecule has 0 bridgehead atoms. The minimum absolute atomic E-state index is 0.0174. The van der Waals surface area contributed by atoms with Crippen molar-refractivity contribution >= 4 is 11.8 Å². The zero-order chi connectivity index (χ0) is 18.2. The predicted octanol–water partition coefficient (Wildman–Crippen LogP) is 1.40. The van der Waals surface area contributed by atoms with E-state index in [-0.39, 0.29) is 23.3 Å². The van der Waals surface area contributed by atoms with E-state index in [9.17, 15) is 9.59 Å². The fourth-order valence-corrected chi connectivity index (χ4v) is 2.62. The van der Waals surface area contributed by atoms with Crippen molar-refractivity contribution in [3.05, 3.63) is 0 Å². The molecule has 1 aliphatic heterocycles. The number of nitrogens with one attached hydrogen (secondary N) is 2. The number of carbonyl (C=O) groups excluding carboxylic acids is 2. The SMILES string of the molecule is CC(C)CN1CCOC(CNC(=O)CCCNC(=O)C(C)(C)C)C1. The van der Waals surface area contributed by atoms with E-state index in [1.165, 1.54) is 0 Å². The summed E-state index contributed by atoms with van der Waals surface area (Å²) in [6.45, 7) is 14.8. The molecule has 1 atom stereocenters. The lowest BCUT2D eigenvalue weighted by atomic mass is 9.96. The second-order valence-electron chi connectivity index (χ2n) is 8.06. The molecule has 1 fully saturated rings. The number of carbonyl (C=O) groups is 2. The van der Waals surface area contributed by atoms with Gasteiger partial charge in [-0.2, -0.15) is 0 Å². The summed E-state index contributed by atoms with van der Waals surface area (Å²) in [5.74, 6) is 0.676. The minimum Gasteiger partial charge on any atom is -0.374 e. The Kier molecular flexibility index (Phi) is 8.70. The van der Waals surface area contributed by atoms with Crippen molar-refractivity contribution in [1.82, 2.24) is 15.5 Å². The molecule has 6 heteroatoms. The maximum atomic E-state index is 11.9. The molecule has 1 unspecified atom stereocenters. The number of hydrogen-bond donors (Lipinski definition) is 2. The third-order valence-electron chi connectivity index (χ3n) is 3.92. The highest BCUT2D eigenvalue weighted by Crippen LogP contribution is 2.12. The Morgan fingerprint density at radius 2 is 1.96 bits per heavy atom. The number of nitrogens with zero attached hydrogens (tertiary/aromatic N) is 1. The first-order chi connectivity index (χ1) is 11.2. The van der Waals surface area contributed by atoms with Gasteiger partial charge in [0.25, 0.3) is 0 Å². The van der Waals surface area contributed by atoms with Crippen molar-refractivity contribution in [1.29, 1.82) is 0 Å². The van der Waals surface area contributed by atoms with Crippen LogP contribution in [-0.4, -0.2) is 62.1 Å². The summed E-state index contributed by atoms with van der Waals surface area (Å²) < 4.78 is 5.72. The van der Waals surface area contributed by atoms with Gasteiger partial charge in [-0.25, -0.2) is 0 Å². The Hall–Kier alpha value is -1.14. The van der Waals surface area contributed by atoms with E-state index < -0.39 is 0 Å². The first-order valence-electron chi connectivity index (χ1n) is 9.07. The second kappa shape index (κ2) is 9.99. The second-order valence-corrected chi connectivity index (χ2v) is 8.06. The van der Waals surface area contributed by atoms with Crippen LogP contribution in [0.3, 0.4) is 0 Å². The molecule has 6 nitrogen and oxygen atoms in total. The first kappa shape index (κ1) is 20.9. The molecular weight excluding hydrogens is 306 g/mol. The van der Waals surface area contributed by atoms with Crippen LogP contribution in [0.15, 0.2) is 0 Å². The van der Waals surface area contributed by atoms with Gasteiger partial charge in [-0.15, -0.1) is 0 Å². The molecule has 1 heterocycles. The van der Waals surface area contributed by atoms with E-state index in [2.05, 4.69) is 29.4 Å². The molecule has 0 radical (unpaired) electrons. The van der Waals surface area contributed by atoms with Crippen LogP contribution in [0.25, 0.3) is 0 Å². The molecule has 0 aliphatic carbocycles. The molecule has 1 rings (SSSR count). The van der Waals surface area contributed by atoms with Crippen LogP contribution in [-0.2, 0) is 14.3 Å². The number of hydrogen-bond acceptors (Lipinski definition) is 4. The first-order valence-corrected chi connectivity index (χ1v) is 9.07. The highest BCUT2D eigenvalue weighted by molar-refractivity contribution is 5.81. The summed E-state index contributed by atoms with van der Waals surface area (Å²) >= 11 is 0. The van der Waals surface area contributed by atoms with Crippen LogP contribution >= 0.6 is 0 Å². The molecule has 1 saturated heterocycles. The average Bonchev–Trinajstić information content (AvgIpc) is 2.48. The molecule has 2 amide bonds. The van der Waals surface area contributed by atoms with Crippen molar-refractivity contribution in [2.75, 3.05) is 39.3 Å². The number of amides is 2. The molecule has 2 N–H and O–H groups in total. The van der Waals surface area contributed by atoms with E-state index in [1.807, 2.05) is 20.8 Å². The van der Waals surface area contributed by atoms with Crippen LogP contribution < -0.4 is 10.6 Å². The maximum Gasteiger partial charge on any atom is 0.225 e. The monoisotopic (exact) mass is 341 g/mol. The lowest BCUT2D eigenvalue weighted by molar-refractivity contribution is -0.128. The highest BCUT2D eigenvalue weighted by Gasteiger charge is 2.22. The minimum atomic E-state index is -0.386. The third-order valence-corrected chi connectivity index (χ3v) is 3.92. The van der Waals surface area contributed by atoms with Gasteiger partial charge in [0.2, 0.25) is 11.8 Å².